The highest BCUT2D eigenvalue weighted by Gasteiger charge is 2.11. The van der Waals surface area contributed by atoms with Crippen molar-refractivity contribution in [1.29, 1.82) is 0 Å². The number of H-pyrrole nitrogens is 1. The average Bonchev–Trinajstić information content (AvgIpc) is 3.06. The molecular weight excluding hydrogens is 290 g/mol. The monoisotopic (exact) mass is 309 g/mol. The Morgan fingerprint density at radius 2 is 1.74 bits per heavy atom. The molecule has 3 rings (SSSR count). The van der Waals surface area contributed by atoms with Gasteiger partial charge in [-0.3, -0.25) is 5.10 Å². The highest BCUT2D eigenvalue weighted by Crippen LogP contribution is 2.31. The molecule has 0 aliphatic heterocycles. The van der Waals surface area contributed by atoms with E-state index in [0.717, 1.165) is 17.0 Å². The summed E-state index contributed by atoms with van der Waals surface area (Å²) in [6.07, 6.45) is 0. The largest absolute Gasteiger partial charge is 0.493 e. The van der Waals surface area contributed by atoms with Gasteiger partial charge in [0.2, 0.25) is 0 Å². The molecule has 0 saturated heterocycles. The van der Waals surface area contributed by atoms with Crippen LogP contribution in [-0.4, -0.2) is 28.9 Å². The van der Waals surface area contributed by atoms with Gasteiger partial charge in [-0.25, -0.2) is 4.98 Å². The van der Waals surface area contributed by atoms with E-state index in [9.17, 15) is 0 Å². The van der Waals surface area contributed by atoms with Crippen molar-refractivity contribution >= 4 is 0 Å². The fourth-order valence-electron chi connectivity index (χ4n) is 2.32. The Kier molecular flexibility index (Phi) is 4.28. The number of nitrogens with one attached hydrogen (secondary N) is 1. The molecule has 0 aliphatic carbocycles. The minimum atomic E-state index is 0.572. The summed E-state index contributed by atoms with van der Waals surface area (Å²) in [5.41, 5.74) is 3.10. The van der Waals surface area contributed by atoms with Gasteiger partial charge in [-0.2, -0.15) is 5.10 Å². The summed E-state index contributed by atoms with van der Waals surface area (Å²) in [5.74, 6) is 2.76. The molecule has 3 aromatic rings. The van der Waals surface area contributed by atoms with Gasteiger partial charge in [-0.1, -0.05) is 29.8 Å². The molecule has 118 valence electrons. The third-order valence-electron chi connectivity index (χ3n) is 3.53. The number of ether oxygens (including phenoxy) is 2. The molecule has 23 heavy (non-hydrogen) atoms. The Bertz CT molecular complexity index is 794. The minimum Gasteiger partial charge on any atom is -0.493 e. The van der Waals surface area contributed by atoms with Crippen molar-refractivity contribution < 1.29 is 9.47 Å². The van der Waals surface area contributed by atoms with Crippen molar-refractivity contribution in [3.63, 3.8) is 0 Å². The number of nitrogens with zero attached hydrogens (tertiary/aromatic N) is 2. The van der Waals surface area contributed by atoms with Gasteiger partial charge in [0.15, 0.2) is 23.1 Å². The first kappa shape index (κ1) is 15.1. The summed E-state index contributed by atoms with van der Waals surface area (Å²) in [6.45, 7) is 4.57. The van der Waals surface area contributed by atoms with Gasteiger partial charge in [0, 0.05) is 11.1 Å². The van der Waals surface area contributed by atoms with Gasteiger partial charge in [-0.05, 0) is 32.0 Å². The molecule has 2 aromatic carbocycles. The fourth-order valence-corrected chi connectivity index (χ4v) is 2.32. The van der Waals surface area contributed by atoms with Crippen LogP contribution in [0.15, 0.2) is 42.5 Å². The molecular formula is C18H19N3O2. The van der Waals surface area contributed by atoms with Crippen LogP contribution in [-0.2, 0) is 0 Å². The van der Waals surface area contributed by atoms with E-state index in [1.165, 1.54) is 5.56 Å². The number of benzene rings is 2. The minimum absolute atomic E-state index is 0.572. The summed E-state index contributed by atoms with van der Waals surface area (Å²) in [7, 11) is 1.62. The molecule has 0 radical (unpaired) electrons. The molecule has 5 nitrogen and oxygen atoms in total. The normalized spacial score (nSPS) is 10.6. The molecule has 0 unspecified atom stereocenters. The van der Waals surface area contributed by atoms with Gasteiger partial charge in [-0.15, -0.1) is 0 Å². The van der Waals surface area contributed by atoms with Gasteiger partial charge in [0.25, 0.3) is 0 Å². The standard InChI is InChI=1S/C18H19N3O2/c1-4-23-16-11-14(9-10-15(16)22-3)18-19-17(20-21-18)13-7-5-12(2)6-8-13/h5-11H,4H2,1-3H3,(H,19,20,21). The van der Waals surface area contributed by atoms with Crippen LogP contribution in [0, 0.1) is 6.92 Å². The van der Waals surface area contributed by atoms with Crippen LogP contribution in [0.2, 0.25) is 0 Å². The molecule has 5 heteroatoms. The molecule has 1 heterocycles. The topological polar surface area (TPSA) is 60.0 Å². The van der Waals surface area contributed by atoms with Crippen LogP contribution in [0.1, 0.15) is 12.5 Å². The van der Waals surface area contributed by atoms with Crippen molar-refractivity contribution in [3.8, 4) is 34.3 Å². The highest BCUT2D eigenvalue weighted by atomic mass is 16.5. The molecule has 1 aromatic heterocycles. The number of hydrogen-bond acceptors (Lipinski definition) is 4. The van der Waals surface area contributed by atoms with Crippen molar-refractivity contribution in [2.24, 2.45) is 0 Å². The third-order valence-corrected chi connectivity index (χ3v) is 3.53. The first-order valence-electron chi connectivity index (χ1n) is 7.52. The summed E-state index contributed by atoms with van der Waals surface area (Å²) in [5, 5.41) is 7.30. The van der Waals surface area contributed by atoms with E-state index in [0.29, 0.717) is 23.9 Å². The molecule has 0 spiro atoms. The number of aromatic amines is 1. The zero-order chi connectivity index (χ0) is 16.2. The van der Waals surface area contributed by atoms with Crippen LogP contribution in [0.5, 0.6) is 11.5 Å². The predicted octanol–water partition coefficient (Wildman–Crippen LogP) is 3.85. The van der Waals surface area contributed by atoms with E-state index in [-0.39, 0.29) is 0 Å². The number of aromatic nitrogens is 3. The van der Waals surface area contributed by atoms with Crippen molar-refractivity contribution in [3.05, 3.63) is 48.0 Å². The van der Waals surface area contributed by atoms with Gasteiger partial charge < -0.3 is 9.47 Å². The van der Waals surface area contributed by atoms with Crippen LogP contribution in [0.4, 0.5) is 0 Å². The lowest BCUT2D eigenvalue weighted by atomic mass is 10.1. The highest BCUT2D eigenvalue weighted by molar-refractivity contribution is 5.64. The van der Waals surface area contributed by atoms with Gasteiger partial charge in [0.1, 0.15) is 0 Å². The summed E-state index contributed by atoms with van der Waals surface area (Å²) in [6, 6.07) is 13.8. The Morgan fingerprint density at radius 3 is 2.43 bits per heavy atom. The quantitative estimate of drug-likeness (QED) is 0.777. The van der Waals surface area contributed by atoms with Crippen LogP contribution in [0.25, 0.3) is 22.8 Å². The van der Waals surface area contributed by atoms with E-state index in [2.05, 4.69) is 34.2 Å². The van der Waals surface area contributed by atoms with Crippen LogP contribution < -0.4 is 9.47 Å². The predicted molar refractivity (Wildman–Crippen MR) is 89.7 cm³/mol. The zero-order valence-electron chi connectivity index (χ0n) is 13.5. The lowest BCUT2D eigenvalue weighted by Gasteiger charge is -2.09. The number of hydrogen-bond donors (Lipinski definition) is 1. The van der Waals surface area contributed by atoms with E-state index < -0.39 is 0 Å². The second-order valence-electron chi connectivity index (χ2n) is 5.17. The third kappa shape index (κ3) is 3.18. The van der Waals surface area contributed by atoms with E-state index >= 15 is 0 Å². The van der Waals surface area contributed by atoms with E-state index in [4.69, 9.17) is 9.47 Å². The molecule has 0 bridgehead atoms. The Hall–Kier alpha value is -2.82. The lowest BCUT2D eigenvalue weighted by Crippen LogP contribution is -1.96. The molecule has 0 aliphatic rings. The first-order valence-corrected chi connectivity index (χ1v) is 7.52. The molecule has 1 N–H and O–H groups in total. The summed E-state index contributed by atoms with van der Waals surface area (Å²) in [4.78, 5) is 4.57. The molecule has 0 atom stereocenters. The Morgan fingerprint density at radius 1 is 1.00 bits per heavy atom. The fraction of sp³-hybridized carbons (Fsp3) is 0.222. The molecule has 0 amide bonds. The maximum absolute atomic E-state index is 5.60. The zero-order valence-corrected chi connectivity index (χ0v) is 13.5. The Balaban J connectivity index is 1.93. The van der Waals surface area contributed by atoms with Crippen molar-refractivity contribution in [2.45, 2.75) is 13.8 Å². The second kappa shape index (κ2) is 6.52. The maximum atomic E-state index is 5.60. The average molecular weight is 309 g/mol. The van der Waals surface area contributed by atoms with Crippen LogP contribution in [0.3, 0.4) is 0 Å². The van der Waals surface area contributed by atoms with Crippen molar-refractivity contribution in [2.75, 3.05) is 13.7 Å². The smallest absolute Gasteiger partial charge is 0.181 e. The summed E-state index contributed by atoms with van der Waals surface area (Å²) >= 11 is 0. The van der Waals surface area contributed by atoms with Gasteiger partial charge >= 0.3 is 0 Å². The molecule has 0 fully saturated rings. The first-order chi connectivity index (χ1) is 11.2. The number of aryl methyl sites for hydroxylation is 1. The maximum Gasteiger partial charge on any atom is 0.181 e. The Labute approximate surface area is 135 Å². The van der Waals surface area contributed by atoms with E-state index in [1.807, 2.05) is 37.3 Å². The SMILES string of the molecule is CCOc1cc(-c2n[nH]c(-c3ccc(C)cc3)n2)ccc1OC. The number of rotatable bonds is 5. The second-order valence-corrected chi connectivity index (χ2v) is 5.17. The lowest BCUT2D eigenvalue weighted by molar-refractivity contribution is 0.311. The van der Waals surface area contributed by atoms with Crippen LogP contribution >= 0.6 is 0 Å². The summed E-state index contributed by atoms with van der Waals surface area (Å²) < 4.78 is 10.9. The van der Waals surface area contributed by atoms with Gasteiger partial charge in [0.05, 0.1) is 13.7 Å². The molecule has 0 saturated carbocycles. The number of methoxy groups -OCH3 is 1. The van der Waals surface area contributed by atoms with Crippen molar-refractivity contribution in [1.82, 2.24) is 15.2 Å². The van der Waals surface area contributed by atoms with E-state index in [1.54, 1.807) is 7.11 Å².